The van der Waals surface area contributed by atoms with E-state index in [0.717, 1.165) is 48.7 Å². The fourth-order valence-electron chi connectivity index (χ4n) is 4.27. The van der Waals surface area contributed by atoms with Crippen molar-refractivity contribution in [2.75, 3.05) is 0 Å². The maximum atomic E-state index is 12.1. The number of aliphatic carboxylic acids is 1. The SMILES string of the molecule is O=C1CCC(c2ccc3nn(CC4CCC(C(=O)O)CC4)cc3c2)C(=O)N1. The molecule has 0 radical (unpaired) electrons. The van der Waals surface area contributed by atoms with Gasteiger partial charge in [-0.3, -0.25) is 24.4 Å². The van der Waals surface area contributed by atoms with Gasteiger partial charge in [-0.15, -0.1) is 0 Å². The van der Waals surface area contributed by atoms with Crippen LogP contribution in [0, 0.1) is 11.8 Å². The van der Waals surface area contributed by atoms with Crippen molar-refractivity contribution in [1.29, 1.82) is 0 Å². The van der Waals surface area contributed by atoms with E-state index >= 15 is 0 Å². The summed E-state index contributed by atoms with van der Waals surface area (Å²) < 4.78 is 1.94. The summed E-state index contributed by atoms with van der Waals surface area (Å²) in [6.45, 7) is 0.786. The zero-order chi connectivity index (χ0) is 19.0. The molecule has 2 aromatic rings. The number of piperidine rings is 1. The minimum absolute atomic E-state index is 0.200. The third-order valence-electron chi connectivity index (χ3n) is 5.86. The van der Waals surface area contributed by atoms with Crippen molar-refractivity contribution in [2.24, 2.45) is 11.8 Å². The van der Waals surface area contributed by atoms with Crippen LogP contribution in [0.5, 0.6) is 0 Å². The van der Waals surface area contributed by atoms with Gasteiger partial charge in [-0.1, -0.05) is 6.07 Å². The number of imide groups is 1. The van der Waals surface area contributed by atoms with Gasteiger partial charge in [0, 0.05) is 24.5 Å². The Labute approximate surface area is 156 Å². The van der Waals surface area contributed by atoms with E-state index in [0.29, 0.717) is 18.8 Å². The third kappa shape index (κ3) is 3.72. The topological polar surface area (TPSA) is 101 Å². The van der Waals surface area contributed by atoms with Crippen molar-refractivity contribution >= 4 is 28.7 Å². The molecule has 2 fully saturated rings. The summed E-state index contributed by atoms with van der Waals surface area (Å²) in [5, 5.41) is 17.1. The molecule has 1 aromatic carbocycles. The van der Waals surface area contributed by atoms with Crippen LogP contribution in [0.4, 0.5) is 0 Å². The lowest BCUT2D eigenvalue weighted by Gasteiger charge is -2.25. The second kappa shape index (κ2) is 7.13. The average Bonchev–Trinajstić information content (AvgIpc) is 3.03. The average molecular weight is 369 g/mol. The molecule has 7 nitrogen and oxygen atoms in total. The summed E-state index contributed by atoms with van der Waals surface area (Å²) in [7, 11) is 0. The lowest BCUT2D eigenvalue weighted by atomic mass is 9.82. The molecule has 2 aliphatic rings. The molecule has 4 rings (SSSR count). The van der Waals surface area contributed by atoms with Gasteiger partial charge < -0.3 is 5.11 Å². The highest BCUT2D eigenvalue weighted by Gasteiger charge is 2.28. The van der Waals surface area contributed by atoms with Gasteiger partial charge in [-0.05, 0) is 55.7 Å². The molecule has 0 bridgehead atoms. The molecule has 1 unspecified atom stereocenters. The Morgan fingerprint density at radius 2 is 1.96 bits per heavy atom. The van der Waals surface area contributed by atoms with Crippen LogP contribution in [-0.2, 0) is 20.9 Å². The molecule has 2 heterocycles. The van der Waals surface area contributed by atoms with E-state index in [1.807, 2.05) is 29.1 Å². The van der Waals surface area contributed by atoms with E-state index < -0.39 is 5.97 Å². The molecule has 142 valence electrons. The Hall–Kier alpha value is -2.70. The minimum Gasteiger partial charge on any atom is -0.481 e. The lowest BCUT2D eigenvalue weighted by molar-refractivity contribution is -0.143. The lowest BCUT2D eigenvalue weighted by Crippen LogP contribution is -2.39. The summed E-state index contributed by atoms with van der Waals surface area (Å²) >= 11 is 0. The molecule has 2 amide bonds. The Kier molecular flexibility index (Phi) is 4.68. The molecule has 1 saturated heterocycles. The van der Waals surface area contributed by atoms with Gasteiger partial charge in [-0.25, -0.2) is 0 Å². The first kappa shape index (κ1) is 17.7. The molecule has 0 spiro atoms. The quantitative estimate of drug-likeness (QED) is 0.806. The Bertz CT molecular complexity index is 896. The van der Waals surface area contributed by atoms with Gasteiger partial charge in [0.15, 0.2) is 0 Å². The smallest absolute Gasteiger partial charge is 0.306 e. The molecule has 1 atom stereocenters. The number of fused-ring (bicyclic) bond motifs is 1. The van der Waals surface area contributed by atoms with Crippen LogP contribution < -0.4 is 5.32 Å². The molecule has 1 aliphatic carbocycles. The molecular weight excluding hydrogens is 346 g/mol. The van der Waals surface area contributed by atoms with E-state index in [9.17, 15) is 14.4 Å². The van der Waals surface area contributed by atoms with Crippen molar-refractivity contribution in [2.45, 2.75) is 51.0 Å². The highest BCUT2D eigenvalue weighted by Crippen LogP contribution is 2.31. The number of benzene rings is 1. The predicted molar refractivity (Wildman–Crippen MR) is 97.9 cm³/mol. The van der Waals surface area contributed by atoms with E-state index in [4.69, 9.17) is 5.11 Å². The maximum Gasteiger partial charge on any atom is 0.306 e. The number of amides is 2. The van der Waals surface area contributed by atoms with E-state index in [-0.39, 0.29) is 23.7 Å². The number of nitrogens with zero attached hydrogens (tertiary/aromatic N) is 2. The summed E-state index contributed by atoms with van der Waals surface area (Å²) in [4.78, 5) is 34.5. The summed E-state index contributed by atoms with van der Waals surface area (Å²) in [6.07, 6.45) is 6.20. The first-order chi connectivity index (χ1) is 13.0. The number of carboxylic acid groups (broad SMARTS) is 1. The van der Waals surface area contributed by atoms with E-state index in [1.165, 1.54) is 0 Å². The second-order valence-electron chi connectivity index (χ2n) is 7.73. The van der Waals surface area contributed by atoms with Gasteiger partial charge in [0.25, 0.3) is 0 Å². The van der Waals surface area contributed by atoms with Gasteiger partial charge in [-0.2, -0.15) is 5.10 Å². The molecule has 1 aliphatic heterocycles. The van der Waals surface area contributed by atoms with Gasteiger partial charge >= 0.3 is 5.97 Å². The van der Waals surface area contributed by atoms with Crippen molar-refractivity contribution in [3.05, 3.63) is 30.0 Å². The van der Waals surface area contributed by atoms with Crippen LogP contribution in [0.2, 0.25) is 0 Å². The summed E-state index contributed by atoms with van der Waals surface area (Å²) in [6, 6.07) is 5.82. The first-order valence-corrected chi connectivity index (χ1v) is 9.53. The van der Waals surface area contributed by atoms with Gasteiger partial charge in [0.1, 0.15) is 0 Å². The number of aromatic nitrogens is 2. The number of rotatable bonds is 4. The van der Waals surface area contributed by atoms with Crippen LogP contribution in [0.1, 0.15) is 50.0 Å². The number of hydrogen-bond acceptors (Lipinski definition) is 4. The normalized spacial score (nSPS) is 26.1. The molecule has 1 saturated carbocycles. The van der Waals surface area contributed by atoms with Gasteiger partial charge in [0.2, 0.25) is 11.8 Å². The fraction of sp³-hybridized carbons (Fsp3) is 0.500. The summed E-state index contributed by atoms with van der Waals surface area (Å²) in [5.74, 6) is -1.16. The van der Waals surface area contributed by atoms with E-state index in [2.05, 4.69) is 10.4 Å². The number of carbonyl (C=O) groups is 3. The van der Waals surface area contributed by atoms with Crippen LogP contribution in [0.15, 0.2) is 24.4 Å². The highest BCUT2D eigenvalue weighted by atomic mass is 16.4. The third-order valence-corrected chi connectivity index (χ3v) is 5.86. The summed E-state index contributed by atoms with van der Waals surface area (Å²) in [5.41, 5.74) is 1.79. The van der Waals surface area contributed by atoms with Crippen molar-refractivity contribution < 1.29 is 19.5 Å². The molecule has 7 heteroatoms. The standard InChI is InChI=1S/C20H23N3O4/c24-18-8-6-16(19(25)21-18)14-5-7-17-15(9-14)11-23(22-17)10-12-1-3-13(4-2-12)20(26)27/h5,7,9,11-13,16H,1-4,6,8,10H2,(H,26,27)(H,21,24,25). The maximum absolute atomic E-state index is 12.1. The second-order valence-corrected chi connectivity index (χ2v) is 7.73. The predicted octanol–water partition coefficient (Wildman–Crippen LogP) is 2.45. The molecule has 27 heavy (non-hydrogen) atoms. The number of carbonyl (C=O) groups excluding carboxylic acids is 2. The molecule has 2 N–H and O–H groups in total. The first-order valence-electron chi connectivity index (χ1n) is 9.53. The van der Waals surface area contributed by atoms with E-state index in [1.54, 1.807) is 0 Å². The highest BCUT2D eigenvalue weighted by molar-refractivity contribution is 6.01. The zero-order valence-electron chi connectivity index (χ0n) is 15.1. The number of carboxylic acids is 1. The number of nitrogens with one attached hydrogen (secondary N) is 1. The van der Waals surface area contributed by atoms with Crippen LogP contribution in [0.3, 0.4) is 0 Å². The van der Waals surface area contributed by atoms with Crippen LogP contribution in [0.25, 0.3) is 10.9 Å². The van der Waals surface area contributed by atoms with Crippen molar-refractivity contribution in [3.8, 4) is 0 Å². The Morgan fingerprint density at radius 3 is 2.67 bits per heavy atom. The Balaban J connectivity index is 1.46. The van der Waals surface area contributed by atoms with Gasteiger partial charge in [0.05, 0.1) is 17.4 Å². The van der Waals surface area contributed by atoms with Crippen molar-refractivity contribution in [3.63, 3.8) is 0 Å². The molecule has 1 aromatic heterocycles. The Morgan fingerprint density at radius 1 is 1.19 bits per heavy atom. The van der Waals surface area contributed by atoms with Crippen LogP contribution >= 0.6 is 0 Å². The number of hydrogen-bond donors (Lipinski definition) is 2. The largest absolute Gasteiger partial charge is 0.481 e. The monoisotopic (exact) mass is 369 g/mol. The van der Waals surface area contributed by atoms with Crippen molar-refractivity contribution in [1.82, 2.24) is 15.1 Å². The minimum atomic E-state index is -0.681. The zero-order valence-corrected chi connectivity index (χ0v) is 15.1. The molecular formula is C20H23N3O4. The van der Waals surface area contributed by atoms with Crippen LogP contribution in [-0.4, -0.2) is 32.7 Å². The fourth-order valence-corrected chi connectivity index (χ4v) is 4.27.